The minimum atomic E-state index is -0.140. The third-order valence-electron chi connectivity index (χ3n) is 4.59. The normalized spacial score (nSPS) is 20.0. The van der Waals surface area contributed by atoms with Crippen LogP contribution in [0.5, 0.6) is 0 Å². The maximum Gasteiger partial charge on any atom is 0.123 e. The second-order valence-corrected chi connectivity index (χ2v) is 6.30. The van der Waals surface area contributed by atoms with Crippen LogP contribution >= 0.6 is 0 Å². The molecule has 0 saturated carbocycles. The summed E-state index contributed by atoms with van der Waals surface area (Å²) in [7, 11) is 1.96. The Kier molecular flexibility index (Phi) is 4.57. The van der Waals surface area contributed by atoms with Gasteiger partial charge in [-0.15, -0.1) is 0 Å². The molecule has 118 valence electrons. The number of rotatable bonds is 3. The van der Waals surface area contributed by atoms with E-state index in [0.29, 0.717) is 6.04 Å². The molecule has 1 aliphatic rings. The van der Waals surface area contributed by atoms with Crippen LogP contribution < -0.4 is 0 Å². The molecule has 22 heavy (non-hydrogen) atoms. The van der Waals surface area contributed by atoms with Gasteiger partial charge in [-0.3, -0.25) is 9.58 Å². The first-order valence-electron chi connectivity index (χ1n) is 8.12. The smallest absolute Gasteiger partial charge is 0.123 e. The van der Waals surface area contributed by atoms with E-state index in [4.69, 9.17) is 0 Å². The molecule has 2 aromatic rings. The van der Waals surface area contributed by atoms with Gasteiger partial charge < -0.3 is 0 Å². The van der Waals surface area contributed by atoms with Gasteiger partial charge >= 0.3 is 0 Å². The van der Waals surface area contributed by atoms with Crippen molar-refractivity contribution in [3.63, 3.8) is 0 Å². The molecule has 0 amide bonds. The van der Waals surface area contributed by atoms with E-state index in [-0.39, 0.29) is 5.82 Å². The SMILES string of the molecule is Cc1nn(C)cc1CN1CCCCC[C@@H]1c1cccc(F)c1. The fraction of sp³-hybridized carbons (Fsp3) is 0.500. The zero-order valence-corrected chi connectivity index (χ0v) is 13.4. The van der Waals surface area contributed by atoms with Crippen LogP contribution in [-0.2, 0) is 13.6 Å². The molecular formula is C18H24FN3. The summed E-state index contributed by atoms with van der Waals surface area (Å²) in [6.45, 7) is 4.01. The number of benzene rings is 1. The molecule has 1 aromatic heterocycles. The molecule has 4 heteroatoms. The van der Waals surface area contributed by atoms with Gasteiger partial charge in [-0.25, -0.2) is 4.39 Å². The lowest BCUT2D eigenvalue weighted by Crippen LogP contribution is -2.28. The number of aryl methyl sites for hydroxylation is 2. The van der Waals surface area contributed by atoms with E-state index >= 15 is 0 Å². The standard InChI is InChI=1S/C18H24FN3/c1-14-16(12-21(2)20-14)13-22-10-5-3-4-9-18(22)15-7-6-8-17(19)11-15/h6-8,11-12,18H,3-5,9-10,13H2,1-2H3/t18-/m1/s1. The van der Waals surface area contributed by atoms with Crippen molar-refractivity contribution in [2.75, 3.05) is 6.54 Å². The second-order valence-electron chi connectivity index (χ2n) is 6.30. The molecule has 3 nitrogen and oxygen atoms in total. The highest BCUT2D eigenvalue weighted by Crippen LogP contribution is 2.32. The zero-order chi connectivity index (χ0) is 15.5. The number of hydrogen-bond acceptors (Lipinski definition) is 2. The van der Waals surface area contributed by atoms with E-state index in [9.17, 15) is 4.39 Å². The third kappa shape index (κ3) is 3.38. The van der Waals surface area contributed by atoms with Gasteiger partial charge in [0.05, 0.1) is 5.69 Å². The van der Waals surface area contributed by atoms with E-state index in [1.54, 1.807) is 6.07 Å². The number of likely N-dealkylation sites (tertiary alicyclic amines) is 1. The molecule has 3 rings (SSSR count). The average molecular weight is 301 g/mol. The highest BCUT2D eigenvalue weighted by molar-refractivity contribution is 5.22. The number of aromatic nitrogens is 2. The van der Waals surface area contributed by atoms with Crippen LogP contribution in [0.25, 0.3) is 0 Å². The monoisotopic (exact) mass is 301 g/mol. The molecule has 2 heterocycles. The molecule has 0 N–H and O–H groups in total. The summed E-state index contributed by atoms with van der Waals surface area (Å²) in [4.78, 5) is 2.49. The van der Waals surface area contributed by atoms with E-state index in [0.717, 1.165) is 30.8 Å². The van der Waals surface area contributed by atoms with Gasteiger partial charge in [0.25, 0.3) is 0 Å². The number of halogens is 1. The van der Waals surface area contributed by atoms with Gasteiger partial charge in [-0.05, 0) is 44.0 Å². The van der Waals surface area contributed by atoms with E-state index in [1.165, 1.54) is 30.9 Å². The van der Waals surface area contributed by atoms with Gasteiger partial charge in [-0.2, -0.15) is 5.10 Å². The molecule has 0 aliphatic carbocycles. The summed E-state index contributed by atoms with van der Waals surface area (Å²) in [6, 6.07) is 7.40. The van der Waals surface area contributed by atoms with Crippen molar-refractivity contribution >= 4 is 0 Å². The largest absolute Gasteiger partial charge is 0.292 e. The second kappa shape index (κ2) is 6.61. The lowest BCUT2D eigenvalue weighted by Gasteiger charge is -2.30. The van der Waals surface area contributed by atoms with Crippen molar-refractivity contribution in [2.45, 2.75) is 45.2 Å². The third-order valence-corrected chi connectivity index (χ3v) is 4.59. The predicted octanol–water partition coefficient (Wildman–Crippen LogP) is 3.98. The maximum atomic E-state index is 13.6. The molecule has 1 aromatic carbocycles. The summed E-state index contributed by atoms with van der Waals surface area (Å²) in [5.74, 6) is -0.140. The molecule has 1 aliphatic heterocycles. The van der Waals surface area contributed by atoms with E-state index < -0.39 is 0 Å². The van der Waals surface area contributed by atoms with Gasteiger partial charge in [0.1, 0.15) is 5.82 Å². The molecule has 0 bridgehead atoms. The molecule has 1 saturated heterocycles. The van der Waals surface area contributed by atoms with Crippen molar-refractivity contribution in [1.82, 2.24) is 14.7 Å². The van der Waals surface area contributed by atoms with Crippen LogP contribution in [0.2, 0.25) is 0 Å². The summed E-state index contributed by atoms with van der Waals surface area (Å²) < 4.78 is 15.5. The van der Waals surface area contributed by atoms with Crippen molar-refractivity contribution < 1.29 is 4.39 Å². The van der Waals surface area contributed by atoms with Crippen LogP contribution in [0.4, 0.5) is 4.39 Å². The molecular weight excluding hydrogens is 277 g/mol. The fourth-order valence-corrected chi connectivity index (χ4v) is 3.47. The van der Waals surface area contributed by atoms with Gasteiger partial charge in [0.2, 0.25) is 0 Å². The Morgan fingerprint density at radius 1 is 1.27 bits per heavy atom. The highest BCUT2D eigenvalue weighted by atomic mass is 19.1. The summed E-state index contributed by atoms with van der Waals surface area (Å²) >= 11 is 0. The Balaban J connectivity index is 1.86. The number of nitrogens with zero attached hydrogens (tertiary/aromatic N) is 3. The van der Waals surface area contributed by atoms with Crippen molar-refractivity contribution in [1.29, 1.82) is 0 Å². The minimum Gasteiger partial charge on any atom is -0.292 e. The van der Waals surface area contributed by atoms with Crippen LogP contribution in [0.15, 0.2) is 30.5 Å². The lowest BCUT2D eigenvalue weighted by molar-refractivity contribution is 0.191. The van der Waals surface area contributed by atoms with Gasteiger partial charge in [0.15, 0.2) is 0 Å². The molecule has 1 atom stereocenters. The van der Waals surface area contributed by atoms with Crippen molar-refractivity contribution in [3.05, 3.63) is 53.1 Å². The van der Waals surface area contributed by atoms with Crippen LogP contribution in [0.1, 0.15) is 48.5 Å². The Morgan fingerprint density at radius 2 is 2.14 bits per heavy atom. The first kappa shape index (κ1) is 15.2. The van der Waals surface area contributed by atoms with Gasteiger partial charge in [0, 0.05) is 31.4 Å². The summed E-state index contributed by atoms with van der Waals surface area (Å²) in [5.41, 5.74) is 3.46. The van der Waals surface area contributed by atoms with E-state index in [1.807, 2.05) is 17.8 Å². The Hall–Kier alpha value is -1.68. The summed E-state index contributed by atoms with van der Waals surface area (Å²) in [5, 5.41) is 4.44. The quantitative estimate of drug-likeness (QED) is 0.855. The lowest BCUT2D eigenvalue weighted by atomic mass is 10.00. The molecule has 0 unspecified atom stereocenters. The molecule has 0 radical (unpaired) electrons. The zero-order valence-electron chi connectivity index (χ0n) is 13.4. The Morgan fingerprint density at radius 3 is 2.86 bits per heavy atom. The summed E-state index contributed by atoms with van der Waals surface area (Å²) in [6.07, 6.45) is 6.88. The fourth-order valence-electron chi connectivity index (χ4n) is 3.47. The minimum absolute atomic E-state index is 0.140. The topological polar surface area (TPSA) is 21.1 Å². The Bertz CT molecular complexity index is 635. The van der Waals surface area contributed by atoms with Crippen LogP contribution in [0.3, 0.4) is 0 Å². The van der Waals surface area contributed by atoms with Crippen molar-refractivity contribution in [2.24, 2.45) is 7.05 Å². The van der Waals surface area contributed by atoms with Crippen LogP contribution in [-0.4, -0.2) is 21.2 Å². The highest BCUT2D eigenvalue weighted by Gasteiger charge is 2.24. The first-order chi connectivity index (χ1) is 10.6. The Labute approximate surface area is 131 Å². The average Bonchev–Trinajstić information content (AvgIpc) is 2.68. The van der Waals surface area contributed by atoms with E-state index in [2.05, 4.69) is 29.2 Å². The predicted molar refractivity (Wildman–Crippen MR) is 86.0 cm³/mol. The molecule has 0 spiro atoms. The first-order valence-corrected chi connectivity index (χ1v) is 8.12. The number of hydrogen-bond donors (Lipinski definition) is 0. The van der Waals surface area contributed by atoms with Gasteiger partial charge in [-0.1, -0.05) is 25.0 Å². The van der Waals surface area contributed by atoms with Crippen molar-refractivity contribution in [3.8, 4) is 0 Å². The van der Waals surface area contributed by atoms with Crippen LogP contribution in [0, 0.1) is 12.7 Å². The molecule has 1 fully saturated rings. The maximum absolute atomic E-state index is 13.6.